The van der Waals surface area contributed by atoms with E-state index >= 15 is 0 Å². The first-order chi connectivity index (χ1) is 14.1. The summed E-state index contributed by atoms with van der Waals surface area (Å²) in [5.74, 6) is 3.64. The van der Waals surface area contributed by atoms with E-state index in [0.29, 0.717) is 21.9 Å². The van der Waals surface area contributed by atoms with Crippen molar-refractivity contribution in [1.29, 1.82) is 0 Å². The number of hydrogen-bond donors (Lipinski definition) is 0. The van der Waals surface area contributed by atoms with Crippen molar-refractivity contribution in [2.45, 2.75) is 137 Å². The van der Waals surface area contributed by atoms with Crippen molar-refractivity contribution < 1.29 is 0 Å². The van der Waals surface area contributed by atoms with Crippen LogP contribution in [0.3, 0.4) is 0 Å². The average molecular weight is 431 g/mol. The first kappa shape index (κ1) is 24.1. The molecule has 180 valence electrons. The molecule has 0 spiro atoms. The van der Waals surface area contributed by atoms with Gasteiger partial charge >= 0.3 is 0 Å². The van der Waals surface area contributed by atoms with E-state index in [9.17, 15) is 0 Å². The summed E-state index contributed by atoms with van der Waals surface area (Å²) in [6.45, 7) is 27.8. The molecule has 1 saturated carbocycles. The van der Waals surface area contributed by atoms with E-state index in [4.69, 9.17) is 0 Å². The van der Waals surface area contributed by atoms with Crippen molar-refractivity contribution in [3.05, 3.63) is 0 Å². The monoisotopic (exact) mass is 430 g/mol. The quantitative estimate of drug-likeness (QED) is 0.464. The number of hydrogen-bond acceptors (Lipinski definition) is 2. The molecule has 2 heteroatoms. The predicted molar refractivity (Wildman–Crippen MR) is 134 cm³/mol. The topological polar surface area (TPSA) is 6.48 Å². The highest BCUT2D eigenvalue weighted by molar-refractivity contribution is 5.07. The van der Waals surface area contributed by atoms with Crippen molar-refractivity contribution in [2.24, 2.45) is 34.5 Å². The average Bonchev–Trinajstić information content (AvgIpc) is 3.03. The van der Waals surface area contributed by atoms with Crippen LogP contribution in [0.2, 0.25) is 0 Å². The van der Waals surface area contributed by atoms with Crippen molar-refractivity contribution in [2.75, 3.05) is 13.1 Å². The molecule has 3 heterocycles. The van der Waals surface area contributed by atoms with Crippen LogP contribution in [0.1, 0.15) is 114 Å². The first-order valence-electron chi connectivity index (χ1n) is 13.6. The van der Waals surface area contributed by atoms with Gasteiger partial charge in [0.1, 0.15) is 0 Å². The molecule has 2 nitrogen and oxygen atoms in total. The molecular formula is C29H54N2. The minimum Gasteiger partial charge on any atom is -0.298 e. The van der Waals surface area contributed by atoms with Gasteiger partial charge in [0.05, 0.1) is 0 Å². The molecule has 4 atom stereocenters. The lowest BCUT2D eigenvalue weighted by atomic mass is 9.62. The molecule has 4 rings (SSSR count). The van der Waals surface area contributed by atoms with Crippen LogP contribution in [0.15, 0.2) is 0 Å². The summed E-state index contributed by atoms with van der Waals surface area (Å²) in [6.07, 6.45) is 10.0. The summed E-state index contributed by atoms with van der Waals surface area (Å²) < 4.78 is 0. The molecule has 0 aromatic carbocycles. The Kier molecular flexibility index (Phi) is 5.99. The minimum atomic E-state index is 0.318. The van der Waals surface area contributed by atoms with Crippen LogP contribution >= 0.6 is 0 Å². The lowest BCUT2D eigenvalue weighted by molar-refractivity contribution is -0.0616. The van der Waals surface area contributed by atoms with Crippen molar-refractivity contribution >= 4 is 0 Å². The molecule has 31 heavy (non-hydrogen) atoms. The van der Waals surface area contributed by atoms with Gasteiger partial charge in [0.25, 0.3) is 0 Å². The Labute approximate surface area is 194 Å². The third-order valence-electron chi connectivity index (χ3n) is 10.2. The zero-order valence-corrected chi connectivity index (χ0v) is 22.7. The Balaban J connectivity index is 1.47. The van der Waals surface area contributed by atoms with Crippen LogP contribution < -0.4 is 0 Å². The van der Waals surface area contributed by atoms with E-state index in [1.54, 1.807) is 0 Å². The predicted octanol–water partition coefficient (Wildman–Crippen LogP) is 7.23. The second kappa shape index (κ2) is 7.72. The van der Waals surface area contributed by atoms with Crippen LogP contribution in [0.25, 0.3) is 0 Å². The Hall–Kier alpha value is -0.0800. The van der Waals surface area contributed by atoms with E-state index < -0.39 is 0 Å². The lowest BCUT2D eigenvalue weighted by Gasteiger charge is -2.55. The lowest BCUT2D eigenvalue weighted by Crippen LogP contribution is -2.58. The molecule has 0 aromatic rings. The standard InChI is InChI=1S/C29H54N2/c1-26(2,3)22-15-23-13-14-24(16-22)31(23)29(9,10)19-28(7,8)25-20-11-12-21(25)18-30(17-20)27(4,5)6/h20-25H,11-19H2,1-10H3. The van der Waals surface area contributed by atoms with Crippen LogP contribution in [0.4, 0.5) is 0 Å². The summed E-state index contributed by atoms with van der Waals surface area (Å²) >= 11 is 0. The van der Waals surface area contributed by atoms with Crippen LogP contribution in [-0.2, 0) is 0 Å². The van der Waals surface area contributed by atoms with Gasteiger partial charge in [-0.15, -0.1) is 0 Å². The van der Waals surface area contributed by atoms with E-state index in [0.717, 1.165) is 35.8 Å². The molecule has 0 aromatic heterocycles. The summed E-state index contributed by atoms with van der Waals surface area (Å²) in [7, 11) is 0. The van der Waals surface area contributed by atoms with Crippen LogP contribution in [0, 0.1) is 34.5 Å². The van der Waals surface area contributed by atoms with Crippen molar-refractivity contribution in [3.63, 3.8) is 0 Å². The summed E-state index contributed by atoms with van der Waals surface area (Å²) in [6, 6.07) is 1.65. The van der Waals surface area contributed by atoms with E-state index in [2.05, 4.69) is 79.0 Å². The largest absolute Gasteiger partial charge is 0.298 e. The van der Waals surface area contributed by atoms with Gasteiger partial charge in [0, 0.05) is 36.3 Å². The fourth-order valence-corrected chi connectivity index (χ4v) is 9.24. The fraction of sp³-hybridized carbons (Fsp3) is 1.00. The van der Waals surface area contributed by atoms with Crippen LogP contribution in [0.5, 0.6) is 0 Å². The minimum absolute atomic E-state index is 0.318. The SMILES string of the molecule is CC(C)(C)C1CC2CCC(C1)N2C(C)(C)CC(C)(C)C1C2CCC1CN(C(C)(C)C)C2. The third kappa shape index (κ3) is 4.51. The van der Waals surface area contributed by atoms with Gasteiger partial charge in [-0.25, -0.2) is 0 Å². The van der Waals surface area contributed by atoms with Gasteiger partial charge in [-0.1, -0.05) is 34.6 Å². The number of rotatable bonds is 4. The molecule has 0 amide bonds. The fourth-order valence-electron chi connectivity index (χ4n) is 9.24. The third-order valence-corrected chi connectivity index (χ3v) is 10.2. The number of nitrogens with zero attached hydrogens (tertiary/aromatic N) is 2. The summed E-state index contributed by atoms with van der Waals surface area (Å²) in [5, 5.41) is 0. The first-order valence-corrected chi connectivity index (χ1v) is 13.6. The Bertz CT molecular complexity index is 565. The highest BCUT2D eigenvalue weighted by Crippen LogP contribution is 2.56. The van der Waals surface area contributed by atoms with Crippen molar-refractivity contribution in [1.82, 2.24) is 9.80 Å². The van der Waals surface area contributed by atoms with E-state index in [1.807, 2.05) is 0 Å². The Morgan fingerprint density at radius 3 is 1.58 bits per heavy atom. The second-order valence-corrected chi connectivity index (χ2v) is 15.5. The molecule has 1 aliphatic carbocycles. The second-order valence-electron chi connectivity index (χ2n) is 15.5. The van der Waals surface area contributed by atoms with Gasteiger partial charge in [-0.3, -0.25) is 9.80 Å². The zero-order valence-electron chi connectivity index (χ0n) is 22.7. The highest BCUT2D eigenvalue weighted by Gasteiger charge is 2.54. The molecule has 3 aliphatic heterocycles. The van der Waals surface area contributed by atoms with Gasteiger partial charge in [-0.05, 0) is 114 Å². The van der Waals surface area contributed by atoms with Crippen molar-refractivity contribution in [3.8, 4) is 0 Å². The molecule has 0 N–H and O–H groups in total. The molecule has 4 fully saturated rings. The Morgan fingerprint density at radius 2 is 1.16 bits per heavy atom. The highest BCUT2D eigenvalue weighted by atomic mass is 15.3. The van der Waals surface area contributed by atoms with E-state index in [-0.39, 0.29) is 0 Å². The maximum atomic E-state index is 3.03. The number of fused-ring (bicyclic) bond motifs is 4. The number of likely N-dealkylation sites (tertiary alicyclic amines) is 1. The maximum Gasteiger partial charge on any atom is 0.0164 e. The molecule has 0 radical (unpaired) electrons. The maximum absolute atomic E-state index is 3.03. The summed E-state index contributed by atoms with van der Waals surface area (Å²) in [4.78, 5) is 5.83. The molecule has 3 saturated heterocycles. The van der Waals surface area contributed by atoms with Gasteiger partial charge in [0.15, 0.2) is 0 Å². The van der Waals surface area contributed by atoms with Gasteiger partial charge in [0.2, 0.25) is 0 Å². The smallest absolute Gasteiger partial charge is 0.0164 e. The van der Waals surface area contributed by atoms with Gasteiger partial charge in [-0.2, -0.15) is 0 Å². The Morgan fingerprint density at radius 1 is 0.677 bits per heavy atom. The number of piperidine rings is 2. The molecule has 4 aliphatic rings. The van der Waals surface area contributed by atoms with E-state index in [1.165, 1.54) is 58.0 Å². The normalized spacial score (nSPS) is 38.1. The summed E-state index contributed by atoms with van der Waals surface area (Å²) in [5.41, 5.74) is 1.54. The van der Waals surface area contributed by atoms with Crippen LogP contribution in [-0.4, -0.2) is 46.1 Å². The van der Waals surface area contributed by atoms with Gasteiger partial charge < -0.3 is 0 Å². The zero-order chi connectivity index (χ0) is 23.0. The molecule has 4 unspecified atom stereocenters. The molecular weight excluding hydrogens is 376 g/mol. The molecule has 4 bridgehead atoms.